The second kappa shape index (κ2) is 6.55. The Hall–Kier alpha value is -1.77. The molecule has 5 nitrogen and oxygen atoms in total. The fourth-order valence-electron chi connectivity index (χ4n) is 1.88. The molecule has 0 saturated heterocycles. The van der Waals surface area contributed by atoms with Crippen LogP contribution in [0.1, 0.15) is 21.7 Å². The first-order chi connectivity index (χ1) is 10.7. The molecule has 0 spiro atoms. The summed E-state index contributed by atoms with van der Waals surface area (Å²) in [7, 11) is 1.76. The third kappa shape index (κ3) is 3.03. The van der Waals surface area contributed by atoms with Crippen LogP contribution in [-0.4, -0.2) is 22.4 Å². The number of rotatable bonds is 5. The number of esters is 1. The fourth-order valence-corrected chi connectivity index (χ4v) is 4.23. The molecule has 0 aromatic carbocycles. The largest absolute Gasteiger partial charge is 0.455 e. The van der Waals surface area contributed by atoms with Crippen molar-refractivity contribution in [1.82, 2.24) is 9.36 Å². The van der Waals surface area contributed by atoms with Gasteiger partial charge in [-0.15, -0.1) is 22.7 Å². The van der Waals surface area contributed by atoms with E-state index >= 15 is 0 Å². The van der Waals surface area contributed by atoms with Crippen molar-refractivity contribution in [1.29, 1.82) is 0 Å². The van der Waals surface area contributed by atoms with Crippen molar-refractivity contribution in [3.63, 3.8) is 0 Å². The summed E-state index contributed by atoms with van der Waals surface area (Å²) in [6.07, 6.45) is 0. The van der Waals surface area contributed by atoms with Crippen molar-refractivity contribution >= 4 is 45.2 Å². The second-order valence-corrected chi connectivity index (χ2v) is 7.00. The number of carbonyl (C=O) groups excluding carboxylic acids is 1. The molecule has 0 saturated carbocycles. The van der Waals surface area contributed by atoms with E-state index in [1.165, 1.54) is 11.5 Å². The third-order valence-electron chi connectivity index (χ3n) is 2.93. The van der Waals surface area contributed by atoms with Gasteiger partial charge in [-0.05, 0) is 29.9 Å². The Morgan fingerprint density at radius 3 is 3.00 bits per heavy atom. The third-order valence-corrected chi connectivity index (χ3v) is 5.81. The molecule has 22 heavy (non-hydrogen) atoms. The number of ether oxygens (including phenoxy) is 1. The monoisotopic (exact) mass is 351 g/mol. The summed E-state index contributed by atoms with van der Waals surface area (Å²) in [6, 6.07) is 4.02. The van der Waals surface area contributed by atoms with Gasteiger partial charge in [0.25, 0.3) is 0 Å². The maximum absolute atomic E-state index is 12.2. The molecule has 3 heterocycles. The van der Waals surface area contributed by atoms with Crippen LogP contribution in [0.2, 0.25) is 0 Å². The van der Waals surface area contributed by atoms with Gasteiger partial charge in [-0.2, -0.15) is 4.37 Å². The van der Waals surface area contributed by atoms with Crippen LogP contribution in [0.15, 0.2) is 22.9 Å². The SMILES string of the molecule is CNc1snc(C)c1C(=O)OCc1csc(-c2cccs2)n1. The molecule has 8 heteroatoms. The van der Waals surface area contributed by atoms with Crippen LogP contribution in [0, 0.1) is 6.92 Å². The van der Waals surface area contributed by atoms with Crippen LogP contribution in [-0.2, 0) is 11.3 Å². The standard InChI is InChI=1S/C14H13N3O2S3/c1-8-11(13(15-2)22-17-8)14(18)19-6-9-7-21-12(16-9)10-4-3-5-20-10/h3-5,7,15H,6H2,1-2H3. The molecule has 0 aliphatic rings. The number of aromatic nitrogens is 2. The smallest absolute Gasteiger partial charge is 0.343 e. The van der Waals surface area contributed by atoms with E-state index in [-0.39, 0.29) is 12.6 Å². The van der Waals surface area contributed by atoms with Crippen LogP contribution >= 0.6 is 34.2 Å². The first-order valence-electron chi connectivity index (χ1n) is 6.48. The Kier molecular flexibility index (Phi) is 4.51. The zero-order valence-corrected chi connectivity index (χ0v) is 14.4. The molecule has 0 radical (unpaired) electrons. The zero-order chi connectivity index (χ0) is 15.5. The van der Waals surface area contributed by atoms with Crippen LogP contribution in [0.3, 0.4) is 0 Å². The molecular formula is C14H13N3O2S3. The average Bonchev–Trinajstić information content (AvgIpc) is 3.24. The number of hydrogen-bond donors (Lipinski definition) is 1. The summed E-state index contributed by atoms with van der Waals surface area (Å²) in [4.78, 5) is 17.8. The van der Waals surface area contributed by atoms with Gasteiger partial charge in [0.1, 0.15) is 22.2 Å². The van der Waals surface area contributed by atoms with Gasteiger partial charge in [-0.25, -0.2) is 9.78 Å². The number of nitrogens with one attached hydrogen (secondary N) is 1. The lowest BCUT2D eigenvalue weighted by molar-refractivity contribution is 0.0469. The van der Waals surface area contributed by atoms with Crippen LogP contribution < -0.4 is 5.32 Å². The molecule has 0 aliphatic heterocycles. The zero-order valence-electron chi connectivity index (χ0n) is 12.0. The molecule has 0 amide bonds. The van der Waals surface area contributed by atoms with Crippen molar-refractivity contribution in [3.05, 3.63) is 39.8 Å². The summed E-state index contributed by atoms with van der Waals surface area (Å²) >= 11 is 4.45. The number of nitrogens with zero attached hydrogens (tertiary/aromatic N) is 2. The summed E-state index contributed by atoms with van der Waals surface area (Å²) in [6.45, 7) is 1.96. The van der Waals surface area contributed by atoms with Gasteiger partial charge >= 0.3 is 5.97 Å². The number of hydrogen-bond acceptors (Lipinski definition) is 8. The summed E-state index contributed by atoms with van der Waals surface area (Å²) in [5, 5.41) is 8.57. The van der Waals surface area contributed by atoms with E-state index in [0.717, 1.165) is 20.6 Å². The minimum absolute atomic E-state index is 0.166. The van der Waals surface area contributed by atoms with Crippen LogP contribution in [0.25, 0.3) is 9.88 Å². The van der Waals surface area contributed by atoms with E-state index in [9.17, 15) is 4.79 Å². The quantitative estimate of drug-likeness (QED) is 0.703. The highest BCUT2D eigenvalue weighted by molar-refractivity contribution is 7.20. The van der Waals surface area contributed by atoms with Gasteiger partial charge in [0.05, 0.1) is 16.3 Å². The molecule has 0 bridgehead atoms. The first kappa shape index (κ1) is 15.1. The highest BCUT2D eigenvalue weighted by Gasteiger charge is 2.19. The van der Waals surface area contributed by atoms with Crippen molar-refractivity contribution in [3.8, 4) is 9.88 Å². The maximum Gasteiger partial charge on any atom is 0.343 e. The Balaban J connectivity index is 1.68. The Labute approximate surface area is 139 Å². The molecule has 1 N–H and O–H groups in total. The van der Waals surface area contributed by atoms with E-state index in [1.807, 2.05) is 22.9 Å². The Bertz CT molecular complexity index is 777. The van der Waals surface area contributed by atoms with Crippen LogP contribution in [0.5, 0.6) is 0 Å². The lowest BCUT2D eigenvalue weighted by Crippen LogP contribution is -2.08. The average molecular weight is 351 g/mol. The van der Waals surface area contributed by atoms with Crippen molar-refractivity contribution in [2.24, 2.45) is 0 Å². The van der Waals surface area contributed by atoms with E-state index in [2.05, 4.69) is 14.7 Å². The summed E-state index contributed by atoms with van der Waals surface area (Å²) in [5.41, 5.74) is 1.94. The van der Waals surface area contributed by atoms with Gasteiger partial charge < -0.3 is 10.1 Å². The number of aryl methyl sites for hydroxylation is 1. The van der Waals surface area contributed by atoms with E-state index in [1.54, 1.807) is 36.6 Å². The molecular weight excluding hydrogens is 338 g/mol. The minimum Gasteiger partial charge on any atom is -0.455 e. The fraction of sp³-hybridized carbons (Fsp3) is 0.214. The van der Waals surface area contributed by atoms with Crippen LogP contribution in [0.4, 0.5) is 5.00 Å². The maximum atomic E-state index is 12.2. The molecule has 114 valence electrons. The number of anilines is 1. The topological polar surface area (TPSA) is 64.1 Å². The van der Waals surface area contributed by atoms with E-state index in [4.69, 9.17) is 4.74 Å². The van der Waals surface area contributed by atoms with Crippen molar-refractivity contribution in [2.45, 2.75) is 13.5 Å². The predicted molar refractivity (Wildman–Crippen MR) is 90.9 cm³/mol. The molecule has 3 aromatic heterocycles. The highest BCUT2D eigenvalue weighted by Crippen LogP contribution is 2.28. The second-order valence-electron chi connectivity index (χ2n) is 4.42. The van der Waals surface area contributed by atoms with Crippen molar-refractivity contribution in [2.75, 3.05) is 12.4 Å². The number of carbonyl (C=O) groups is 1. The lowest BCUT2D eigenvalue weighted by atomic mass is 10.2. The molecule has 0 unspecified atom stereocenters. The van der Waals surface area contributed by atoms with Gasteiger partial charge in [-0.1, -0.05) is 6.07 Å². The number of thiophene rings is 1. The minimum atomic E-state index is -0.374. The van der Waals surface area contributed by atoms with Gasteiger partial charge in [0.15, 0.2) is 0 Å². The lowest BCUT2D eigenvalue weighted by Gasteiger charge is -2.04. The number of thiazole rings is 1. The predicted octanol–water partition coefficient (Wildman–Crippen LogP) is 4.04. The van der Waals surface area contributed by atoms with Gasteiger partial charge in [-0.3, -0.25) is 0 Å². The van der Waals surface area contributed by atoms with Gasteiger partial charge in [0, 0.05) is 12.4 Å². The van der Waals surface area contributed by atoms with E-state index in [0.29, 0.717) is 11.3 Å². The molecule has 0 atom stereocenters. The molecule has 3 rings (SSSR count). The summed E-state index contributed by atoms with van der Waals surface area (Å²) in [5.74, 6) is -0.374. The normalized spacial score (nSPS) is 10.6. The summed E-state index contributed by atoms with van der Waals surface area (Å²) < 4.78 is 9.53. The van der Waals surface area contributed by atoms with Crippen molar-refractivity contribution < 1.29 is 9.53 Å². The molecule has 3 aromatic rings. The first-order valence-corrected chi connectivity index (χ1v) is 9.01. The highest BCUT2D eigenvalue weighted by atomic mass is 32.1. The molecule has 0 fully saturated rings. The van der Waals surface area contributed by atoms with E-state index < -0.39 is 0 Å². The van der Waals surface area contributed by atoms with Gasteiger partial charge in [0.2, 0.25) is 0 Å². The Morgan fingerprint density at radius 1 is 1.41 bits per heavy atom. The molecule has 0 aliphatic carbocycles. The Morgan fingerprint density at radius 2 is 2.27 bits per heavy atom.